The van der Waals surface area contributed by atoms with Gasteiger partial charge in [-0.15, -0.1) is 6.58 Å². The highest BCUT2D eigenvalue weighted by Gasteiger charge is 2.41. The summed E-state index contributed by atoms with van der Waals surface area (Å²) in [5, 5.41) is 3.45. The van der Waals surface area contributed by atoms with Crippen LogP contribution in [0.3, 0.4) is 0 Å². The van der Waals surface area contributed by atoms with Crippen molar-refractivity contribution in [2.75, 3.05) is 12.4 Å². The van der Waals surface area contributed by atoms with Crippen molar-refractivity contribution in [1.29, 1.82) is 0 Å². The van der Waals surface area contributed by atoms with Gasteiger partial charge in [0.05, 0.1) is 40.5 Å². The molecule has 156 valence electrons. The summed E-state index contributed by atoms with van der Waals surface area (Å²) in [5.74, 6) is 0.126. The lowest BCUT2D eigenvalue weighted by Crippen LogP contribution is -2.27. The van der Waals surface area contributed by atoms with E-state index in [1.807, 2.05) is 0 Å². The Balaban J connectivity index is 2.12. The van der Waals surface area contributed by atoms with Crippen molar-refractivity contribution in [1.82, 2.24) is 14.5 Å². The Bertz CT molecular complexity index is 1210. The molecule has 2 aromatic heterocycles. The molecule has 1 aliphatic carbocycles. The predicted molar refractivity (Wildman–Crippen MR) is 107 cm³/mol. The average Bonchev–Trinajstić information content (AvgIpc) is 3.47. The third-order valence-corrected chi connectivity index (χ3v) is 5.27. The number of hydrogen-bond donors (Lipinski definition) is 1. The number of fused-ring (bicyclic) bond motifs is 1. The first-order valence-corrected chi connectivity index (χ1v) is 9.25. The Morgan fingerprint density at radius 2 is 2.07 bits per heavy atom. The van der Waals surface area contributed by atoms with Gasteiger partial charge < -0.3 is 10.1 Å². The minimum Gasteiger partial charge on any atom is -0.496 e. The molecule has 4 rings (SSSR count). The first-order valence-electron chi connectivity index (χ1n) is 9.25. The van der Waals surface area contributed by atoms with E-state index >= 15 is 0 Å². The normalized spacial score (nSPS) is 15.1. The summed E-state index contributed by atoms with van der Waals surface area (Å²) in [5.41, 5.74) is -1.23. The summed E-state index contributed by atoms with van der Waals surface area (Å²) < 4.78 is 47.2. The molecule has 1 N–H and O–H groups in total. The minimum atomic E-state index is -4.62. The zero-order chi connectivity index (χ0) is 21.7. The maximum atomic E-state index is 13.6. The fraction of sp³-hybridized carbons (Fsp3) is 0.286. The van der Waals surface area contributed by atoms with Crippen LogP contribution in [0.25, 0.3) is 16.6 Å². The number of nitrogens with zero attached hydrogens (tertiary/aromatic N) is 3. The van der Waals surface area contributed by atoms with Gasteiger partial charge in [-0.2, -0.15) is 18.2 Å². The maximum Gasteiger partial charge on any atom is 0.416 e. The number of rotatable bonds is 5. The van der Waals surface area contributed by atoms with Crippen molar-refractivity contribution in [2.45, 2.75) is 31.5 Å². The third-order valence-electron chi connectivity index (χ3n) is 5.27. The van der Waals surface area contributed by atoms with Gasteiger partial charge in [0.2, 0.25) is 0 Å². The molecule has 0 saturated heterocycles. The Kier molecular flexibility index (Phi) is 4.56. The molecule has 0 radical (unpaired) electrons. The van der Waals surface area contributed by atoms with Gasteiger partial charge in [0.25, 0.3) is 0 Å². The summed E-state index contributed by atoms with van der Waals surface area (Å²) in [4.78, 5) is 21.3. The van der Waals surface area contributed by atoms with Crippen LogP contribution in [-0.2, 0) is 6.18 Å². The molecule has 30 heavy (non-hydrogen) atoms. The van der Waals surface area contributed by atoms with Crippen molar-refractivity contribution in [2.24, 2.45) is 0 Å². The molecule has 0 unspecified atom stereocenters. The van der Waals surface area contributed by atoms with E-state index in [0.29, 0.717) is 11.4 Å². The lowest BCUT2D eigenvalue weighted by molar-refractivity contribution is -0.137. The Labute approximate surface area is 170 Å². The molecule has 0 atom stereocenters. The molecule has 2 heterocycles. The molecule has 3 aromatic rings. The zero-order valence-electron chi connectivity index (χ0n) is 16.4. The second kappa shape index (κ2) is 6.86. The highest BCUT2D eigenvalue weighted by atomic mass is 19.4. The standard InChI is InChI=1S/C21H19F3N4O2/c1-4-20(7-8-20)27-18-17-15(10-13(21(22,23)24)11-16(17)30-3)28(19(29)26-18)14-6-5-9-25-12(14)2/h4-6,9-11H,1,7-8H2,2-3H3,(H,26,27,29). The monoisotopic (exact) mass is 416 g/mol. The number of aromatic nitrogens is 3. The van der Waals surface area contributed by atoms with Gasteiger partial charge in [-0.1, -0.05) is 6.08 Å². The molecule has 6 nitrogen and oxygen atoms in total. The van der Waals surface area contributed by atoms with E-state index in [0.717, 1.165) is 29.5 Å². The Hall–Kier alpha value is -3.36. The molecule has 0 bridgehead atoms. The number of nitrogens with one attached hydrogen (secondary N) is 1. The fourth-order valence-electron chi connectivity index (χ4n) is 3.43. The molecule has 1 aromatic carbocycles. The van der Waals surface area contributed by atoms with E-state index < -0.39 is 23.0 Å². The number of halogens is 3. The Morgan fingerprint density at radius 3 is 2.63 bits per heavy atom. The summed E-state index contributed by atoms with van der Waals surface area (Å²) in [7, 11) is 1.28. The summed E-state index contributed by atoms with van der Waals surface area (Å²) in [6.45, 7) is 5.47. The van der Waals surface area contributed by atoms with E-state index in [1.165, 1.54) is 13.3 Å². The van der Waals surface area contributed by atoms with Crippen molar-refractivity contribution < 1.29 is 17.9 Å². The van der Waals surface area contributed by atoms with Gasteiger partial charge >= 0.3 is 11.9 Å². The van der Waals surface area contributed by atoms with Crippen LogP contribution in [-0.4, -0.2) is 27.2 Å². The number of anilines is 1. The highest BCUT2D eigenvalue weighted by Crippen LogP contribution is 2.43. The number of pyridine rings is 1. The third kappa shape index (κ3) is 3.30. The lowest BCUT2D eigenvalue weighted by Gasteiger charge is -2.21. The highest BCUT2D eigenvalue weighted by molar-refractivity contribution is 5.96. The molecule has 0 spiro atoms. The molecule has 1 saturated carbocycles. The smallest absolute Gasteiger partial charge is 0.416 e. The SMILES string of the molecule is C=CC1(Nc2nc(=O)n(-c3cccnc3C)c3cc(C(F)(F)F)cc(OC)c23)CC1. The first-order chi connectivity index (χ1) is 14.2. The van der Waals surface area contributed by atoms with Gasteiger partial charge in [-0.3, -0.25) is 9.55 Å². The number of benzene rings is 1. The second-order valence-electron chi connectivity index (χ2n) is 7.24. The number of alkyl halides is 3. The van der Waals surface area contributed by atoms with Crippen LogP contribution in [0.15, 0.2) is 47.9 Å². The molecule has 0 aliphatic heterocycles. The molecule has 1 aliphatic rings. The van der Waals surface area contributed by atoms with Gasteiger partial charge in [-0.05, 0) is 44.0 Å². The summed E-state index contributed by atoms with van der Waals surface area (Å²) in [6, 6.07) is 5.06. The Morgan fingerprint density at radius 1 is 1.33 bits per heavy atom. The van der Waals surface area contributed by atoms with Gasteiger partial charge in [0, 0.05) is 6.20 Å². The molecular weight excluding hydrogens is 397 g/mol. The zero-order valence-corrected chi connectivity index (χ0v) is 16.4. The number of ether oxygens (including phenoxy) is 1. The molecule has 1 fully saturated rings. The van der Waals surface area contributed by atoms with E-state index in [9.17, 15) is 18.0 Å². The molecular formula is C21H19F3N4O2. The fourth-order valence-corrected chi connectivity index (χ4v) is 3.43. The first kappa shape index (κ1) is 19.9. The van der Waals surface area contributed by atoms with Crippen LogP contribution in [0.2, 0.25) is 0 Å². The predicted octanol–water partition coefficient (Wildman–Crippen LogP) is 4.25. The largest absolute Gasteiger partial charge is 0.496 e. The van der Waals surface area contributed by atoms with Crippen molar-refractivity contribution in [3.63, 3.8) is 0 Å². The van der Waals surface area contributed by atoms with Crippen LogP contribution < -0.4 is 15.7 Å². The number of methoxy groups -OCH3 is 1. The maximum absolute atomic E-state index is 13.6. The summed E-state index contributed by atoms with van der Waals surface area (Å²) >= 11 is 0. The van der Waals surface area contributed by atoms with Crippen LogP contribution in [0.1, 0.15) is 24.1 Å². The quantitative estimate of drug-likeness (QED) is 0.630. The van der Waals surface area contributed by atoms with E-state index in [4.69, 9.17) is 4.74 Å². The van der Waals surface area contributed by atoms with Crippen LogP contribution in [0.4, 0.5) is 19.0 Å². The van der Waals surface area contributed by atoms with Crippen LogP contribution in [0, 0.1) is 6.92 Å². The van der Waals surface area contributed by atoms with Crippen LogP contribution >= 0.6 is 0 Å². The summed E-state index contributed by atoms with van der Waals surface area (Å²) in [6.07, 6.45) is 0.203. The van der Waals surface area contributed by atoms with Crippen molar-refractivity contribution >= 4 is 16.7 Å². The number of aryl methyl sites for hydroxylation is 1. The van der Waals surface area contributed by atoms with Gasteiger partial charge in [0.15, 0.2) is 0 Å². The minimum absolute atomic E-state index is 0.0279. The molecule has 9 heteroatoms. The van der Waals surface area contributed by atoms with Gasteiger partial charge in [0.1, 0.15) is 11.6 Å². The number of hydrogen-bond acceptors (Lipinski definition) is 5. The van der Waals surface area contributed by atoms with Gasteiger partial charge in [-0.25, -0.2) is 4.79 Å². The van der Waals surface area contributed by atoms with Crippen LogP contribution in [0.5, 0.6) is 5.75 Å². The van der Waals surface area contributed by atoms with Crippen molar-refractivity contribution in [3.05, 3.63) is 64.9 Å². The van der Waals surface area contributed by atoms with Crippen molar-refractivity contribution in [3.8, 4) is 11.4 Å². The second-order valence-corrected chi connectivity index (χ2v) is 7.24. The van der Waals surface area contributed by atoms with E-state index in [2.05, 4.69) is 21.9 Å². The molecule has 0 amide bonds. The lowest BCUT2D eigenvalue weighted by atomic mass is 10.1. The van der Waals surface area contributed by atoms with E-state index in [1.54, 1.807) is 25.1 Å². The average molecular weight is 416 g/mol. The topological polar surface area (TPSA) is 69.0 Å². The van der Waals surface area contributed by atoms with E-state index in [-0.39, 0.29) is 22.5 Å².